The van der Waals surface area contributed by atoms with Crippen LogP contribution in [0.15, 0.2) is 11.8 Å². The van der Waals surface area contributed by atoms with Crippen LogP contribution in [0.3, 0.4) is 0 Å². The van der Waals surface area contributed by atoms with E-state index in [2.05, 4.69) is 26.1 Å². The van der Waals surface area contributed by atoms with Gasteiger partial charge in [-0.3, -0.25) is 4.79 Å². The van der Waals surface area contributed by atoms with Gasteiger partial charge in [-0.1, -0.05) is 65.7 Å². The Kier molecular flexibility index (Phi) is 18.2. The number of carbonyl (C=O) groups is 1. The molecule has 1 amide bonds. The largest absolute Gasteiger partial charge is 0.512 e. The second-order valence-electron chi connectivity index (χ2n) is 4.84. The first-order valence-electron chi connectivity index (χ1n) is 7.73. The van der Waals surface area contributed by atoms with E-state index in [4.69, 9.17) is 5.11 Å². The van der Waals surface area contributed by atoms with Crippen LogP contribution in [0.25, 0.3) is 0 Å². The normalized spacial score (nSPS) is 10.6. The number of aliphatic hydroxyl groups excluding tert-OH is 1. The predicted molar refractivity (Wildman–Crippen MR) is 83.4 cm³/mol. The van der Waals surface area contributed by atoms with Crippen LogP contribution in [0.2, 0.25) is 0 Å². The lowest BCUT2D eigenvalue weighted by molar-refractivity contribution is -0.116. The quantitative estimate of drug-likeness (QED) is 0.362. The maximum atomic E-state index is 10.9. The van der Waals surface area contributed by atoms with Gasteiger partial charge in [0.1, 0.15) is 0 Å². The Morgan fingerprint density at radius 2 is 1.42 bits per heavy atom. The van der Waals surface area contributed by atoms with E-state index < -0.39 is 0 Å². The molecule has 19 heavy (non-hydrogen) atoms. The topological polar surface area (TPSA) is 49.3 Å². The van der Waals surface area contributed by atoms with Crippen molar-refractivity contribution in [2.45, 2.75) is 79.1 Å². The van der Waals surface area contributed by atoms with E-state index >= 15 is 0 Å². The van der Waals surface area contributed by atoms with Crippen molar-refractivity contribution >= 4 is 5.91 Å². The smallest absolute Gasteiger partial charge is 0.247 e. The number of unbranched alkanes of at least 4 members (excludes halogenated alkanes) is 6. The third-order valence-corrected chi connectivity index (χ3v) is 2.63. The second-order valence-corrected chi connectivity index (χ2v) is 4.84. The number of hydrogen-bond donors (Lipinski definition) is 2. The molecular formula is C16H33NO2. The minimum Gasteiger partial charge on any atom is -0.512 e. The highest BCUT2D eigenvalue weighted by Crippen LogP contribution is 1.97. The second kappa shape index (κ2) is 17.0. The first-order valence-corrected chi connectivity index (χ1v) is 7.73. The molecule has 3 heteroatoms. The molecule has 0 bridgehead atoms. The predicted octanol–water partition coefficient (Wildman–Crippen LogP) is 4.73. The Bertz CT molecular complexity index is 217. The SMILES string of the molecule is CCCCCC.CCCCCCNC(=O)/C=C(\C)O. The van der Waals surface area contributed by atoms with Gasteiger partial charge in [-0.05, 0) is 13.3 Å². The van der Waals surface area contributed by atoms with Crippen molar-refractivity contribution in [3.63, 3.8) is 0 Å². The van der Waals surface area contributed by atoms with Gasteiger partial charge >= 0.3 is 0 Å². The van der Waals surface area contributed by atoms with E-state index in [-0.39, 0.29) is 11.7 Å². The van der Waals surface area contributed by atoms with E-state index in [1.807, 2.05) is 0 Å². The Morgan fingerprint density at radius 3 is 1.84 bits per heavy atom. The standard InChI is InChI=1S/C10H19NO2.C6H14/c1-3-4-5-6-7-11-10(13)8-9(2)12;1-3-5-6-4-2/h8,12H,3-7H2,1-2H3,(H,11,13);3-6H2,1-2H3/b9-8+;. The van der Waals surface area contributed by atoms with Gasteiger partial charge in [0, 0.05) is 12.6 Å². The molecule has 0 saturated heterocycles. The van der Waals surface area contributed by atoms with Crippen molar-refractivity contribution in [1.29, 1.82) is 0 Å². The number of aliphatic hydroxyl groups is 1. The van der Waals surface area contributed by atoms with Crippen LogP contribution < -0.4 is 5.32 Å². The van der Waals surface area contributed by atoms with Crippen LogP contribution in [-0.2, 0) is 4.79 Å². The molecule has 0 unspecified atom stereocenters. The molecule has 2 N–H and O–H groups in total. The van der Waals surface area contributed by atoms with Crippen LogP contribution in [-0.4, -0.2) is 17.6 Å². The fourth-order valence-corrected chi connectivity index (χ4v) is 1.50. The summed E-state index contributed by atoms with van der Waals surface area (Å²) in [6.07, 6.45) is 11.3. The van der Waals surface area contributed by atoms with E-state index in [0.29, 0.717) is 6.54 Å². The van der Waals surface area contributed by atoms with Crippen LogP contribution in [0.1, 0.15) is 79.1 Å². The number of nitrogens with one attached hydrogen (secondary N) is 1. The summed E-state index contributed by atoms with van der Waals surface area (Å²) in [7, 11) is 0. The van der Waals surface area contributed by atoms with Gasteiger partial charge in [-0.15, -0.1) is 0 Å². The van der Waals surface area contributed by atoms with E-state index in [0.717, 1.165) is 12.8 Å². The minimum atomic E-state index is -0.212. The Hall–Kier alpha value is -0.990. The molecule has 0 rings (SSSR count). The number of rotatable bonds is 9. The van der Waals surface area contributed by atoms with Gasteiger partial charge in [0.05, 0.1) is 5.76 Å². The zero-order valence-electron chi connectivity index (χ0n) is 13.3. The monoisotopic (exact) mass is 271 g/mol. The molecule has 0 aromatic heterocycles. The lowest BCUT2D eigenvalue weighted by Gasteiger charge is -2.01. The Balaban J connectivity index is 0. The summed E-state index contributed by atoms with van der Waals surface area (Å²) in [5, 5.41) is 11.5. The van der Waals surface area contributed by atoms with Crippen LogP contribution in [0, 0.1) is 0 Å². The molecule has 3 nitrogen and oxygen atoms in total. The first kappa shape index (κ1) is 20.3. The molecule has 0 aliphatic rings. The summed E-state index contributed by atoms with van der Waals surface area (Å²) in [4.78, 5) is 10.9. The minimum absolute atomic E-state index is 0.0473. The molecule has 0 aromatic rings. The highest BCUT2D eigenvalue weighted by molar-refractivity contribution is 5.87. The lowest BCUT2D eigenvalue weighted by Crippen LogP contribution is -2.22. The fraction of sp³-hybridized carbons (Fsp3) is 0.812. The lowest BCUT2D eigenvalue weighted by atomic mass is 10.2. The van der Waals surface area contributed by atoms with Crippen molar-refractivity contribution in [2.24, 2.45) is 0 Å². The summed E-state index contributed by atoms with van der Waals surface area (Å²) in [6, 6.07) is 0. The number of amides is 1. The Morgan fingerprint density at radius 1 is 0.947 bits per heavy atom. The summed E-state index contributed by atoms with van der Waals surface area (Å²) < 4.78 is 0. The van der Waals surface area contributed by atoms with Gasteiger partial charge in [-0.25, -0.2) is 0 Å². The maximum absolute atomic E-state index is 10.9. The van der Waals surface area contributed by atoms with Gasteiger partial charge in [0.2, 0.25) is 5.91 Å². The molecule has 0 spiro atoms. The summed E-state index contributed by atoms with van der Waals surface area (Å²) in [5.74, 6) is -0.164. The number of carbonyl (C=O) groups excluding carboxylic acids is 1. The molecule has 0 aromatic carbocycles. The third-order valence-electron chi connectivity index (χ3n) is 2.63. The fourth-order valence-electron chi connectivity index (χ4n) is 1.50. The van der Waals surface area contributed by atoms with Crippen LogP contribution in [0.4, 0.5) is 0 Å². The maximum Gasteiger partial charge on any atom is 0.247 e. The first-order chi connectivity index (χ1) is 9.08. The van der Waals surface area contributed by atoms with E-state index in [1.54, 1.807) is 0 Å². The van der Waals surface area contributed by atoms with Gasteiger partial charge in [0.15, 0.2) is 0 Å². The van der Waals surface area contributed by atoms with Gasteiger partial charge in [-0.2, -0.15) is 0 Å². The van der Waals surface area contributed by atoms with Crippen molar-refractivity contribution < 1.29 is 9.90 Å². The highest BCUT2D eigenvalue weighted by Gasteiger charge is 1.95. The van der Waals surface area contributed by atoms with E-state index in [1.165, 1.54) is 51.5 Å². The van der Waals surface area contributed by atoms with E-state index in [9.17, 15) is 4.79 Å². The van der Waals surface area contributed by atoms with Crippen LogP contribution in [0.5, 0.6) is 0 Å². The van der Waals surface area contributed by atoms with Crippen molar-refractivity contribution in [1.82, 2.24) is 5.32 Å². The van der Waals surface area contributed by atoms with Crippen molar-refractivity contribution in [3.8, 4) is 0 Å². The van der Waals surface area contributed by atoms with Gasteiger partial charge in [0.25, 0.3) is 0 Å². The number of hydrogen-bond acceptors (Lipinski definition) is 2. The molecule has 0 atom stereocenters. The van der Waals surface area contributed by atoms with Crippen molar-refractivity contribution in [2.75, 3.05) is 6.54 Å². The molecule has 0 fully saturated rings. The molecule has 0 saturated carbocycles. The average molecular weight is 271 g/mol. The summed E-state index contributed by atoms with van der Waals surface area (Å²) in [5.41, 5.74) is 0. The zero-order valence-corrected chi connectivity index (χ0v) is 13.3. The molecule has 0 aliphatic heterocycles. The zero-order chi connectivity index (χ0) is 14.9. The third kappa shape index (κ3) is 22.6. The molecular weight excluding hydrogens is 238 g/mol. The number of allylic oxidation sites excluding steroid dienone is 1. The summed E-state index contributed by atoms with van der Waals surface area (Å²) >= 11 is 0. The van der Waals surface area contributed by atoms with Gasteiger partial charge < -0.3 is 10.4 Å². The average Bonchev–Trinajstić information content (AvgIpc) is 2.36. The molecule has 0 radical (unpaired) electrons. The molecule has 114 valence electrons. The molecule has 0 aliphatic carbocycles. The van der Waals surface area contributed by atoms with Crippen molar-refractivity contribution in [3.05, 3.63) is 11.8 Å². The van der Waals surface area contributed by atoms with Crippen LogP contribution >= 0.6 is 0 Å². The Labute approximate surface area is 119 Å². The highest BCUT2D eigenvalue weighted by atomic mass is 16.3. The summed E-state index contributed by atoms with van der Waals surface area (Å²) in [6.45, 7) is 8.79. The molecule has 0 heterocycles.